The molecule has 2 rings (SSSR count). The number of carbonyl (C=O) groups excluding carboxylic acids is 1. The molecule has 0 fully saturated rings. The number of aromatic nitrogens is 2. The van der Waals surface area contributed by atoms with Crippen molar-refractivity contribution < 1.29 is 14.3 Å². The van der Waals surface area contributed by atoms with Gasteiger partial charge >= 0.3 is 11.7 Å². The van der Waals surface area contributed by atoms with Crippen molar-refractivity contribution in [2.45, 2.75) is 44.6 Å². The number of ether oxygens (including phenoxy) is 2. The normalized spacial score (nSPS) is 11.3. The van der Waals surface area contributed by atoms with Gasteiger partial charge in [0.15, 0.2) is 0 Å². The van der Waals surface area contributed by atoms with Gasteiger partial charge in [-0.25, -0.2) is 9.59 Å². The van der Waals surface area contributed by atoms with Gasteiger partial charge in [0.1, 0.15) is 16.3 Å². The van der Waals surface area contributed by atoms with Crippen molar-refractivity contribution in [2.75, 3.05) is 19.5 Å². The molecule has 6 nitrogen and oxygen atoms in total. The first-order chi connectivity index (χ1) is 12.7. The van der Waals surface area contributed by atoms with Gasteiger partial charge in [0.05, 0.1) is 13.7 Å². The predicted octanol–water partition coefficient (Wildman–Crippen LogP) is 3.72. The number of thioether (sulfide) groups is 1. The van der Waals surface area contributed by atoms with E-state index in [9.17, 15) is 9.59 Å². The highest BCUT2D eigenvalue weighted by Crippen LogP contribution is 2.25. The fourth-order valence-corrected chi connectivity index (χ4v) is 3.46. The number of rotatable bonds is 7. The molecule has 0 radical (unpaired) electrons. The van der Waals surface area contributed by atoms with E-state index in [1.807, 2.05) is 12.1 Å². The molecule has 1 heterocycles. The van der Waals surface area contributed by atoms with Crippen LogP contribution in [0.5, 0.6) is 5.75 Å². The molecule has 1 aromatic heterocycles. The molecule has 0 aliphatic rings. The lowest BCUT2D eigenvalue weighted by molar-refractivity contribution is 0.0594. The number of nitrogens with one attached hydrogen (secondary N) is 1. The van der Waals surface area contributed by atoms with Crippen molar-refractivity contribution in [1.82, 2.24) is 9.97 Å². The van der Waals surface area contributed by atoms with E-state index < -0.39 is 11.7 Å². The summed E-state index contributed by atoms with van der Waals surface area (Å²) in [6, 6.07) is 8.11. The van der Waals surface area contributed by atoms with Crippen molar-refractivity contribution >= 4 is 17.7 Å². The average molecular weight is 391 g/mol. The SMILES string of the molecule is COC(=O)c1c(SCCCOc2ccc(C(C)(C)C)cc2)nc(=O)[nH]c1C. The summed E-state index contributed by atoms with van der Waals surface area (Å²) in [5, 5.41) is 0.387. The number of carbonyl (C=O) groups is 1. The maximum Gasteiger partial charge on any atom is 0.346 e. The number of benzene rings is 1. The Bertz CT molecular complexity index is 839. The number of methoxy groups -OCH3 is 1. The van der Waals surface area contributed by atoms with Crippen LogP contribution >= 0.6 is 11.8 Å². The van der Waals surface area contributed by atoms with Crippen molar-refractivity contribution in [1.29, 1.82) is 0 Å². The van der Waals surface area contributed by atoms with E-state index in [-0.39, 0.29) is 5.41 Å². The van der Waals surface area contributed by atoms with E-state index in [1.54, 1.807) is 6.92 Å². The topological polar surface area (TPSA) is 81.3 Å². The van der Waals surface area contributed by atoms with Gasteiger partial charge in [0.25, 0.3) is 0 Å². The number of nitrogens with zero attached hydrogens (tertiary/aromatic N) is 1. The van der Waals surface area contributed by atoms with Crippen LogP contribution in [0.4, 0.5) is 0 Å². The Morgan fingerprint density at radius 2 is 1.89 bits per heavy atom. The van der Waals surface area contributed by atoms with Crippen LogP contribution in [0.15, 0.2) is 34.1 Å². The molecule has 0 atom stereocenters. The second-order valence-electron chi connectivity index (χ2n) is 7.16. The molecule has 1 N–H and O–H groups in total. The zero-order valence-electron chi connectivity index (χ0n) is 16.4. The maximum atomic E-state index is 11.9. The number of H-pyrrole nitrogens is 1. The minimum absolute atomic E-state index is 0.116. The summed E-state index contributed by atoms with van der Waals surface area (Å²) in [6.07, 6.45) is 0.750. The van der Waals surface area contributed by atoms with Crippen molar-refractivity contribution in [2.24, 2.45) is 0 Å². The zero-order chi connectivity index (χ0) is 20.0. The van der Waals surface area contributed by atoms with Gasteiger partial charge < -0.3 is 14.5 Å². The Hall–Kier alpha value is -2.28. The molecular formula is C20H26N2O4S. The summed E-state index contributed by atoms with van der Waals surface area (Å²) >= 11 is 1.35. The number of hydrogen-bond acceptors (Lipinski definition) is 6. The lowest BCUT2D eigenvalue weighted by atomic mass is 9.87. The Kier molecular flexibility index (Phi) is 7.07. The molecule has 0 bridgehead atoms. The Morgan fingerprint density at radius 1 is 1.22 bits per heavy atom. The second-order valence-corrected chi connectivity index (χ2v) is 8.25. The first kappa shape index (κ1) is 21.0. The fourth-order valence-electron chi connectivity index (χ4n) is 2.48. The van der Waals surface area contributed by atoms with Gasteiger partial charge in [-0.05, 0) is 36.5 Å². The van der Waals surface area contributed by atoms with Crippen LogP contribution in [0, 0.1) is 6.92 Å². The van der Waals surface area contributed by atoms with Crippen LogP contribution < -0.4 is 10.4 Å². The maximum absolute atomic E-state index is 11.9. The van der Waals surface area contributed by atoms with Crippen molar-refractivity contribution in [3.05, 3.63) is 51.6 Å². The Labute approximate surface area is 163 Å². The third-order valence-electron chi connectivity index (χ3n) is 3.99. The van der Waals surface area contributed by atoms with Crippen LogP contribution in [-0.4, -0.2) is 35.4 Å². The Balaban J connectivity index is 1.89. The average Bonchev–Trinajstić information content (AvgIpc) is 2.60. The van der Waals surface area contributed by atoms with E-state index in [0.717, 1.165) is 12.2 Å². The first-order valence-electron chi connectivity index (χ1n) is 8.77. The van der Waals surface area contributed by atoms with Crippen LogP contribution in [0.1, 0.15) is 48.8 Å². The summed E-state index contributed by atoms with van der Waals surface area (Å²) in [5.74, 6) is 0.988. The van der Waals surface area contributed by atoms with E-state index >= 15 is 0 Å². The molecule has 0 aliphatic carbocycles. The minimum atomic E-state index is -0.506. The summed E-state index contributed by atoms with van der Waals surface area (Å²) in [4.78, 5) is 29.9. The Morgan fingerprint density at radius 3 is 2.48 bits per heavy atom. The van der Waals surface area contributed by atoms with E-state index in [0.29, 0.717) is 28.6 Å². The number of esters is 1. The molecule has 7 heteroatoms. The quantitative estimate of drug-likeness (QED) is 0.336. The zero-order valence-corrected chi connectivity index (χ0v) is 17.2. The molecular weight excluding hydrogens is 364 g/mol. The van der Waals surface area contributed by atoms with E-state index in [2.05, 4.69) is 42.9 Å². The molecule has 0 saturated heterocycles. The van der Waals surface area contributed by atoms with E-state index in [4.69, 9.17) is 9.47 Å². The summed E-state index contributed by atoms with van der Waals surface area (Å²) in [7, 11) is 1.31. The number of aryl methyl sites for hydroxylation is 1. The molecule has 27 heavy (non-hydrogen) atoms. The highest BCUT2D eigenvalue weighted by Gasteiger charge is 2.18. The monoisotopic (exact) mass is 390 g/mol. The molecule has 0 saturated carbocycles. The lowest BCUT2D eigenvalue weighted by Gasteiger charge is -2.19. The third-order valence-corrected chi connectivity index (χ3v) is 5.05. The second kappa shape index (κ2) is 9.08. The van der Waals surface area contributed by atoms with Crippen LogP contribution in [0.25, 0.3) is 0 Å². The predicted molar refractivity (Wildman–Crippen MR) is 107 cm³/mol. The molecule has 146 valence electrons. The van der Waals surface area contributed by atoms with Crippen LogP contribution in [-0.2, 0) is 10.2 Å². The van der Waals surface area contributed by atoms with Gasteiger partial charge in [-0.2, -0.15) is 4.98 Å². The molecule has 0 unspecified atom stereocenters. The van der Waals surface area contributed by atoms with Crippen LogP contribution in [0.3, 0.4) is 0 Å². The molecule has 0 amide bonds. The van der Waals surface area contributed by atoms with Crippen molar-refractivity contribution in [3.8, 4) is 5.75 Å². The first-order valence-corrected chi connectivity index (χ1v) is 9.76. The van der Waals surface area contributed by atoms with Gasteiger partial charge in [0.2, 0.25) is 0 Å². The lowest BCUT2D eigenvalue weighted by Crippen LogP contribution is -2.19. The summed E-state index contributed by atoms with van der Waals surface area (Å²) < 4.78 is 10.5. The number of hydrogen-bond donors (Lipinski definition) is 1. The largest absolute Gasteiger partial charge is 0.494 e. The third kappa shape index (κ3) is 5.85. The highest BCUT2D eigenvalue weighted by molar-refractivity contribution is 7.99. The molecule has 1 aromatic carbocycles. The van der Waals surface area contributed by atoms with Gasteiger partial charge in [-0.3, -0.25) is 0 Å². The highest BCUT2D eigenvalue weighted by atomic mass is 32.2. The van der Waals surface area contributed by atoms with Gasteiger partial charge in [-0.1, -0.05) is 32.9 Å². The molecule has 0 spiro atoms. The number of aromatic amines is 1. The molecule has 2 aromatic rings. The smallest absolute Gasteiger partial charge is 0.346 e. The standard InChI is InChI=1S/C20H26N2O4S/c1-13-16(18(23)25-5)17(22-19(24)21-13)27-12-6-11-26-15-9-7-14(8-10-15)20(2,3)4/h7-10H,6,11-12H2,1-5H3,(H,21,22,24). The van der Waals surface area contributed by atoms with Crippen molar-refractivity contribution in [3.63, 3.8) is 0 Å². The fraction of sp³-hybridized carbons (Fsp3) is 0.450. The van der Waals surface area contributed by atoms with E-state index in [1.165, 1.54) is 24.4 Å². The summed E-state index contributed by atoms with van der Waals surface area (Å²) in [5.41, 5.74) is 1.67. The summed E-state index contributed by atoms with van der Waals surface area (Å²) in [6.45, 7) is 8.72. The van der Waals surface area contributed by atoms with Gasteiger partial charge in [0, 0.05) is 11.4 Å². The van der Waals surface area contributed by atoms with Crippen LogP contribution in [0.2, 0.25) is 0 Å². The van der Waals surface area contributed by atoms with Gasteiger partial charge in [-0.15, -0.1) is 11.8 Å². The molecule has 0 aliphatic heterocycles. The minimum Gasteiger partial charge on any atom is -0.494 e.